The first-order valence-corrected chi connectivity index (χ1v) is 13.0. The number of aromatic hydroxyl groups is 1. The lowest BCUT2D eigenvalue weighted by molar-refractivity contribution is -0.146. The van der Waals surface area contributed by atoms with Crippen molar-refractivity contribution in [3.05, 3.63) is 41.0 Å². The smallest absolute Gasteiger partial charge is 0.328 e. The molecule has 0 aliphatic carbocycles. The molecule has 2 amide bonds. The molecule has 0 bridgehead atoms. The van der Waals surface area contributed by atoms with E-state index in [0.717, 1.165) is 18.4 Å². The van der Waals surface area contributed by atoms with Crippen molar-refractivity contribution in [3.8, 4) is 5.88 Å². The lowest BCUT2D eigenvalue weighted by Gasteiger charge is -2.26. The second-order valence-corrected chi connectivity index (χ2v) is 9.19. The molecule has 12 heteroatoms. The number of benzene rings is 1. The Bertz CT molecular complexity index is 1190. The predicted octanol–water partition coefficient (Wildman–Crippen LogP) is 2.36. The van der Waals surface area contributed by atoms with E-state index in [-0.39, 0.29) is 49.7 Å². The minimum atomic E-state index is -0.960. The molecule has 12 nitrogen and oxygen atoms in total. The van der Waals surface area contributed by atoms with Gasteiger partial charge in [-0.15, -0.1) is 0 Å². The van der Waals surface area contributed by atoms with Crippen LogP contribution in [0.1, 0.15) is 61.5 Å². The van der Waals surface area contributed by atoms with Gasteiger partial charge in [0.25, 0.3) is 5.91 Å². The molecule has 2 atom stereocenters. The molecule has 1 aromatic carbocycles. The van der Waals surface area contributed by atoms with Crippen LogP contribution in [0, 0.1) is 5.92 Å². The quantitative estimate of drug-likeness (QED) is 0.293. The molecule has 0 spiro atoms. The number of rotatable bonds is 12. The van der Waals surface area contributed by atoms with E-state index in [1.807, 2.05) is 12.1 Å². The molecule has 1 aliphatic rings. The van der Waals surface area contributed by atoms with Gasteiger partial charge in [0, 0.05) is 25.5 Å². The summed E-state index contributed by atoms with van der Waals surface area (Å²) in [6.45, 7) is 5.77. The highest BCUT2D eigenvalue weighted by atomic mass is 16.5. The highest BCUT2D eigenvalue weighted by molar-refractivity contribution is 5.97. The van der Waals surface area contributed by atoms with Crippen LogP contribution in [0.2, 0.25) is 0 Å². The van der Waals surface area contributed by atoms with Crippen LogP contribution in [0.5, 0.6) is 5.88 Å². The summed E-state index contributed by atoms with van der Waals surface area (Å²) in [7, 11) is 0. The van der Waals surface area contributed by atoms with Crippen LogP contribution in [0.4, 0.5) is 11.8 Å². The summed E-state index contributed by atoms with van der Waals surface area (Å²) in [5.41, 5.74) is 2.03. The number of aromatic nitrogens is 2. The third-order valence-electron chi connectivity index (χ3n) is 6.20. The number of amides is 2. The van der Waals surface area contributed by atoms with Gasteiger partial charge in [-0.05, 0) is 63.1 Å². The zero-order chi connectivity index (χ0) is 28.4. The number of aryl methyl sites for hydroxylation is 1. The van der Waals surface area contributed by atoms with Gasteiger partial charge < -0.3 is 25.2 Å². The van der Waals surface area contributed by atoms with Crippen LogP contribution in [0.25, 0.3) is 0 Å². The molecule has 210 valence electrons. The predicted molar refractivity (Wildman–Crippen MR) is 142 cm³/mol. The van der Waals surface area contributed by atoms with Gasteiger partial charge in [0.1, 0.15) is 11.9 Å². The molecule has 4 N–H and O–H groups in total. The Kier molecular flexibility index (Phi) is 10.6. The van der Waals surface area contributed by atoms with E-state index in [9.17, 15) is 24.3 Å². The lowest BCUT2D eigenvalue weighted by Crippen LogP contribution is -2.42. The molecule has 39 heavy (non-hydrogen) atoms. The van der Waals surface area contributed by atoms with Crippen LogP contribution in [0.3, 0.4) is 0 Å². The number of hydrogen-bond donors (Lipinski definition) is 4. The van der Waals surface area contributed by atoms with E-state index in [1.165, 1.54) is 6.92 Å². The molecule has 1 aromatic heterocycles. The standard InChI is InChI=1S/C27H35N5O7/c1-4-38-22(34)13-12-21(26(37)39-5-2)30-24(35)19-10-8-17(9-11-19)6-7-18-14-20-23(28-15-18)31-27(29-16(3)33)32-25(20)36/h8-11,18,21H,4-7,12-15H2,1-3H3,(H,30,35)(H3,28,29,31,32,33,36)/t18?,21-/m1/s1. The van der Waals surface area contributed by atoms with Crippen molar-refractivity contribution in [2.45, 2.75) is 58.9 Å². The minimum absolute atomic E-state index is 0.0165. The molecule has 0 fully saturated rings. The number of carbonyl (C=O) groups excluding carboxylic acids is 4. The number of nitrogens with one attached hydrogen (secondary N) is 3. The van der Waals surface area contributed by atoms with Crippen LogP contribution in [0.15, 0.2) is 24.3 Å². The molecule has 2 heterocycles. The first-order valence-electron chi connectivity index (χ1n) is 13.0. The fourth-order valence-electron chi connectivity index (χ4n) is 4.25. The number of fused-ring (bicyclic) bond motifs is 1. The third kappa shape index (κ3) is 8.66. The molecule has 0 radical (unpaired) electrons. The van der Waals surface area contributed by atoms with Crippen molar-refractivity contribution in [1.82, 2.24) is 15.3 Å². The molecular formula is C27H35N5O7. The van der Waals surface area contributed by atoms with Crippen molar-refractivity contribution in [2.24, 2.45) is 5.92 Å². The van der Waals surface area contributed by atoms with Gasteiger partial charge >= 0.3 is 11.9 Å². The Morgan fingerprint density at radius 2 is 1.82 bits per heavy atom. The molecule has 2 aromatic rings. The van der Waals surface area contributed by atoms with E-state index in [1.54, 1.807) is 26.0 Å². The van der Waals surface area contributed by atoms with Crippen LogP contribution < -0.4 is 16.0 Å². The molecule has 0 saturated heterocycles. The van der Waals surface area contributed by atoms with Crippen molar-refractivity contribution in [2.75, 3.05) is 30.4 Å². The fourth-order valence-corrected chi connectivity index (χ4v) is 4.25. The Balaban J connectivity index is 1.54. The maximum Gasteiger partial charge on any atom is 0.328 e. The van der Waals surface area contributed by atoms with Gasteiger partial charge in [-0.1, -0.05) is 12.1 Å². The van der Waals surface area contributed by atoms with E-state index in [0.29, 0.717) is 29.9 Å². The average molecular weight is 542 g/mol. The van der Waals surface area contributed by atoms with Gasteiger partial charge in [-0.25, -0.2) is 4.79 Å². The van der Waals surface area contributed by atoms with Crippen LogP contribution >= 0.6 is 0 Å². The first-order chi connectivity index (χ1) is 18.7. The van der Waals surface area contributed by atoms with E-state index in [4.69, 9.17) is 9.47 Å². The van der Waals surface area contributed by atoms with E-state index >= 15 is 0 Å². The van der Waals surface area contributed by atoms with Crippen molar-refractivity contribution >= 4 is 35.5 Å². The number of carbonyl (C=O) groups is 4. The molecule has 3 rings (SSSR count). The van der Waals surface area contributed by atoms with Gasteiger partial charge in [-0.3, -0.25) is 19.7 Å². The topological polar surface area (TPSA) is 169 Å². The van der Waals surface area contributed by atoms with Crippen molar-refractivity contribution < 1.29 is 33.8 Å². The number of anilines is 2. The van der Waals surface area contributed by atoms with Crippen LogP contribution in [-0.4, -0.2) is 64.6 Å². The Morgan fingerprint density at radius 1 is 1.10 bits per heavy atom. The van der Waals surface area contributed by atoms with Gasteiger partial charge in [0.05, 0.1) is 18.8 Å². The normalized spacial score (nSPS) is 14.8. The Morgan fingerprint density at radius 3 is 2.49 bits per heavy atom. The Labute approximate surface area is 226 Å². The lowest BCUT2D eigenvalue weighted by atomic mass is 9.90. The highest BCUT2D eigenvalue weighted by Crippen LogP contribution is 2.32. The summed E-state index contributed by atoms with van der Waals surface area (Å²) in [6.07, 6.45) is 2.23. The second kappa shape index (κ2) is 14.1. The molecular weight excluding hydrogens is 506 g/mol. The molecule has 1 aliphatic heterocycles. The van der Waals surface area contributed by atoms with Crippen molar-refractivity contribution in [1.29, 1.82) is 0 Å². The zero-order valence-electron chi connectivity index (χ0n) is 22.4. The number of nitrogens with zero attached hydrogens (tertiary/aromatic N) is 2. The average Bonchev–Trinajstić information content (AvgIpc) is 2.90. The van der Waals surface area contributed by atoms with Crippen molar-refractivity contribution in [3.63, 3.8) is 0 Å². The SMILES string of the molecule is CCOC(=O)CC[C@@H](NC(=O)c1ccc(CCC2CNc3nc(NC(C)=O)nc(O)c3C2)cc1)C(=O)OCC. The van der Waals surface area contributed by atoms with Gasteiger partial charge in [0.2, 0.25) is 17.7 Å². The van der Waals surface area contributed by atoms with Crippen LogP contribution in [-0.2, 0) is 36.7 Å². The summed E-state index contributed by atoms with van der Waals surface area (Å²) in [5.74, 6) is -1.16. The van der Waals surface area contributed by atoms with E-state index in [2.05, 4.69) is 25.9 Å². The number of esters is 2. The molecule has 1 unspecified atom stereocenters. The summed E-state index contributed by atoms with van der Waals surface area (Å²) in [4.78, 5) is 56.2. The van der Waals surface area contributed by atoms with E-state index < -0.39 is 23.9 Å². The Hall–Kier alpha value is -4.22. The maximum absolute atomic E-state index is 12.8. The zero-order valence-corrected chi connectivity index (χ0v) is 22.4. The number of hydrogen-bond acceptors (Lipinski definition) is 10. The first kappa shape index (κ1) is 29.3. The largest absolute Gasteiger partial charge is 0.493 e. The molecule has 0 saturated carbocycles. The number of ether oxygens (including phenoxy) is 2. The third-order valence-corrected chi connectivity index (χ3v) is 6.20. The summed E-state index contributed by atoms with van der Waals surface area (Å²) in [5, 5.41) is 18.7. The maximum atomic E-state index is 12.8. The summed E-state index contributed by atoms with van der Waals surface area (Å²) in [6, 6.07) is 6.14. The highest BCUT2D eigenvalue weighted by Gasteiger charge is 2.25. The summed E-state index contributed by atoms with van der Waals surface area (Å²) < 4.78 is 9.94. The van der Waals surface area contributed by atoms with Gasteiger partial charge in [-0.2, -0.15) is 9.97 Å². The van der Waals surface area contributed by atoms with Gasteiger partial charge in [0.15, 0.2) is 0 Å². The minimum Gasteiger partial charge on any atom is -0.493 e. The monoisotopic (exact) mass is 541 g/mol. The summed E-state index contributed by atoms with van der Waals surface area (Å²) >= 11 is 0. The second-order valence-electron chi connectivity index (χ2n) is 9.19. The fraction of sp³-hybridized carbons (Fsp3) is 0.481.